The summed E-state index contributed by atoms with van der Waals surface area (Å²) in [6.07, 6.45) is 12.5. The van der Waals surface area contributed by atoms with Crippen molar-refractivity contribution in [1.29, 1.82) is 0 Å². The Morgan fingerprint density at radius 1 is 1.00 bits per heavy atom. The fraction of sp³-hybridized carbons (Fsp3) is 1.00. The third kappa shape index (κ3) is 3.38. The number of rotatable bonds is 2. The molecule has 0 heterocycles. The molecule has 0 aromatic heterocycles. The van der Waals surface area contributed by atoms with E-state index in [1.807, 2.05) is 0 Å². The van der Waals surface area contributed by atoms with Gasteiger partial charge >= 0.3 is 0 Å². The molecule has 0 aromatic rings. The van der Waals surface area contributed by atoms with Crippen LogP contribution in [-0.4, -0.2) is 4.75 Å². The van der Waals surface area contributed by atoms with E-state index in [0.717, 1.165) is 0 Å². The first-order valence-electron chi connectivity index (χ1n) is 5.49. The maximum absolute atomic E-state index is 4.85. The summed E-state index contributed by atoms with van der Waals surface area (Å²) >= 11 is 4.85. The highest BCUT2D eigenvalue weighted by Crippen LogP contribution is 2.35. The Labute approximate surface area is 82.5 Å². The summed E-state index contributed by atoms with van der Waals surface area (Å²) < 4.78 is 0.398. The Hall–Kier alpha value is 0.350. The number of hydrogen-bond acceptors (Lipinski definition) is 1. The van der Waals surface area contributed by atoms with Gasteiger partial charge in [0.2, 0.25) is 0 Å². The minimum atomic E-state index is 0.398. The van der Waals surface area contributed by atoms with Crippen LogP contribution in [0.25, 0.3) is 0 Å². The van der Waals surface area contributed by atoms with E-state index in [1.54, 1.807) is 0 Å². The van der Waals surface area contributed by atoms with Crippen LogP contribution in [0.1, 0.15) is 64.7 Å². The maximum Gasteiger partial charge on any atom is 0.0129 e. The van der Waals surface area contributed by atoms with Gasteiger partial charge in [-0.15, -0.1) is 0 Å². The Morgan fingerprint density at radius 2 is 1.50 bits per heavy atom. The van der Waals surface area contributed by atoms with Gasteiger partial charge in [0.05, 0.1) is 0 Å². The van der Waals surface area contributed by atoms with E-state index in [0.29, 0.717) is 4.75 Å². The van der Waals surface area contributed by atoms with Crippen molar-refractivity contribution >= 4 is 12.6 Å². The smallest absolute Gasteiger partial charge is 0.0129 e. The molecule has 1 aliphatic rings. The zero-order chi connectivity index (χ0) is 8.86. The first-order chi connectivity index (χ1) is 5.77. The minimum absolute atomic E-state index is 0.398. The molecule has 0 atom stereocenters. The van der Waals surface area contributed by atoms with Crippen LogP contribution in [0.2, 0.25) is 0 Å². The molecule has 0 radical (unpaired) electrons. The molecule has 72 valence electrons. The molecule has 1 rings (SSSR count). The summed E-state index contributed by atoms with van der Waals surface area (Å²) in [6, 6.07) is 0. The molecule has 1 saturated carbocycles. The minimum Gasteiger partial charge on any atom is -0.173 e. The van der Waals surface area contributed by atoms with E-state index in [4.69, 9.17) is 12.6 Å². The molecular formula is C11H22S. The van der Waals surface area contributed by atoms with Crippen LogP contribution in [0, 0.1) is 0 Å². The van der Waals surface area contributed by atoms with Crippen molar-refractivity contribution in [3.05, 3.63) is 0 Å². The number of thiol groups is 1. The highest BCUT2D eigenvalue weighted by molar-refractivity contribution is 7.81. The topological polar surface area (TPSA) is 0 Å². The van der Waals surface area contributed by atoms with Crippen LogP contribution >= 0.6 is 12.6 Å². The summed E-state index contributed by atoms with van der Waals surface area (Å²) in [6.45, 7) is 2.27. The molecule has 1 heteroatoms. The van der Waals surface area contributed by atoms with Gasteiger partial charge in [-0.1, -0.05) is 45.4 Å². The lowest BCUT2D eigenvalue weighted by molar-refractivity contribution is 0.395. The molecule has 0 saturated heterocycles. The van der Waals surface area contributed by atoms with Crippen LogP contribution in [0.4, 0.5) is 0 Å². The van der Waals surface area contributed by atoms with Crippen molar-refractivity contribution in [3.8, 4) is 0 Å². The average Bonchev–Trinajstić information content (AvgIpc) is 1.99. The van der Waals surface area contributed by atoms with E-state index in [-0.39, 0.29) is 0 Å². The predicted octanol–water partition coefficient (Wildman–Crippen LogP) is 4.20. The zero-order valence-electron chi connectivity index (χ0n) is 8.31. The van der Waals surface area contributed by atoms with Gasteiger partial charge in [0.15, 0.2) is 0 Å². The molecule has 0 nitrogen and oxygen atoms in total. The van der Waals surface area contributed by atoms with Crippen molar-refractivity contribution in [2.24, 2.45) is 0 Å². The van der Waals surface area contributed by atoms with Gasteiger partial charge < -0.3 is 0 Å². The Kier molecular flexibility index (Phi) is 4.49. The molecule has 12 heavy (non-hydrogen) atoms. The van der Waals surface area contributed by atoms with E-state index < -0.39 is 0 Å². The van der Waals surface area contributed by atoms with Crippen molar-refractivity contribution < 1.29 is 0 Å². The highest BCUT2D eigenvalue weighted by Gasteiger charge is 2.24. The predicted molar refractivity (Wildman–Crippen MR) is 58.9 cm³/mol. The second-order valence-corrected chi connectivity index (χ2v) is 5.19. The molecule has 0 unspecified atom stereocenters. The molecule has 0 amide bonds. The van der Waals surface area contributed by atoms with Crippen LogP contribution in [0.3, 0.4) is 0 Å². The molecule has 1 aliphatic carbocycles. The standard InChI is InChI=1S/C11H22S/c1-2-8-11(12)9-6-4-3-5-7-10-11/h12H,2-10H2,1H3. The molecule has 1 fully saturated rings. The summed E-state index contributed by atoms with van der Waals surface area (Å²) in [5.41, 5.74) is 0. The van der Waals surface area contributed by atoms with Gasteiger partial charge in [0.25, 0.3) is 0 Å². The van der Waals surface area contributed by atoms with Crippen molar-refractivity contribution in [2.45, 2.75) is 69.5 Å². The summed E-state index contributed by atoms with van der Waals surface area (Å²) in [4.78, 5) is 0. The summed E-state index contributed by atoms with van der Waals surface area (Å²) in [5, 5.41) is 0. The van der Waals surface area contributed by atoms with E-state index >= 15 is 0 Å². The first-order valence-corrected chi connectivity index (χ1v) is 5.94. The van der Waals surface area contributed by atoms with Gasteiger partial charge in [0, 0.05) is 4.75 Å². The summed E-state index contributed by atoms with van der Waals surface area (Å²) in [5.74, 6) is 0. The fourth-order valence-electron chi connectivity index (χ4n) is 2.28. The molecule has 0 spiro atoms. The van der Waals surface area contributed by atoms with Crippen molar-refractivity contribution in [3.63, 3.8) is 0 Å². The largest absolute Gasteiger partial charge is 0.173 e. The average molecular weight is 186 g/mol. The van der Waals surface area contributed by atoms with Crippen LogP contribution in [0.15, 0.2) is 0 Å². The van der Waals surface area contributed by atoms with Crippen LogP contribution < -0.4 is 0 Å². The van der Waals surface area contributed by atoms with E-state index in [1.165, 1.54) is 57.8 Å². The van der Waals surface area contributed by atoms with Gasteiger partial charge in [-0.3, -0.25) is 0 Å². The number of hydrogen-bond donors (Lipinski definition) is 1. The van der Waals surface area contributed by atoms with E-state index in [2.05, 4.69) is 6.92 Å². The summed E-state index contributed by atoms with van der Waals surface area (Å²) in [7, 11) is 0. The highest BCUT2D eigenvalue weighted by atomic mass is 32.1. The second-order valence-electron chi connectivity index (χ2n) is 4.24. The SMILES string of the molecule is CCCC1(S)CCCCCCC1. The lowest BCUT2D eigenvalue weighted by Gasteiger charge is -2.30. The molecule has 0 aromatic carbocycles. The Bertz CT molecular complexity index is 112. The third-order valence-corrected chi connectivity index (χ3v) is 3.67. The normalized spacial score (nSPS) is 24.5. The second kappa shape index (κ2) is 5.16. The molecule has 0 bridgehead atoms. The van der Waals surface area contributed by atoms with Crippen LogP contribution in [0.5, 0.6) is 0 Å². The van der Waals surface area contributed by atoms with Gasteiger partial charge in [0.1, 0.15) is 0 Å². The Morgan fingerprint density at radius 3 is 2.00 bits per heavy atom. The zero-order valence-corrected chi connectivity index (χ0v) is 9.21. The van der Waals surface area contributed by atoms with Crippen molar-refractivity contribution in [1.82, 2.24) is 0 Å². The quantitative estimate of drug-likeness (QED) is 0.614. The molecule has 0 aliphatic heterocycles. The van der Waals surface area contributed by atoms with Crippen LogP contribution in [-0.2, 0) is 0 Å². The Balaban J connectivity index is 2.36. The lowest BCUT2D eigenvalue weighted by Crippen LogP contribution is -2.22. The maximum atomic E-state index is 4.85. The van der Waals surface area contributed by atoms with Gasteiger partial charge in [-0.2, -0.15) is 12.6 Å². The van der Waals surface area contributed by atoms with Gasteiger partial charge in [-0.05, 0) is 19.3 Å². The van der Waals surface area contributed by atoms with Crippen molar-refractivity contribution in [2.75, 3.05) is 0 Å². The monoisotopic (exact) mass is 186 g/mol. The van der Waals surface area contributed by atoms with E-state index in [9.17, 15) is 0 Å². The van der Waals surface area contributed by atoms with Gasteiger partial charge in [-0.25, -0.2) is 0 Å². The molecular weight excluding hydrogens is 164 g/mol. The fourth-order valence-corrected chi connectivity index (χ4v) is 2.82. The third-order valence-electron chi connectivity index (χ3n) is 3.00. The lowest BCUT2D eigenvalue weighted by atomic mass is 9.87. The molecule has 0 N–H and O–H groups in total. The first kappa shape index (κ1) is 10.4.